The van der Waals surface area contributed by atoms with Crippen LogP contribution < -0.4 is 9.80 Å². The van der Waals surface area contributed by atoms with Crippen LogP contribution in [-0.2, 0) is 20.6 Å². The number of fused-ring (bicyclic) bond motifs is 2. The van der Waals surface area contributed by atoms with Crippen LogP contribution in [0.25, 0.3) is 33.8 Å². The number of hydrogen-bond donors (Lipinski definition) is 0. The summed E-state index contributed by atoms with van der Waals surface area (Å²) in [6, 6.07) is 10.6. The standard InChI is InChI=1S/C22H27N5O.C19H23N5O2/c1-16-20(18-7-8-19(24-15-18)17-5-3-2-4-6-17)27-10-9-23-21(22(27)25-16)26-11-13-28-14-12-26;1-14-18(15-3-4-16(20-13-15)6-10-25-2)24-19(22-14)17(5-7-21-24)23-8-11-26-12-9-23/h7-10,15,17H,2-6,11-14H2,1H3;3-5,7,13H,6,8-12H2,1-2H3. The second-order valence-electron chi connectivity index (χ2n) is 14.3. The Morgan fingerprint density at radius 2 is 1.41 bits per heavy atom. The van der Waals surface area contributed by atoms with E-state index in [-0.39, 0.29) is 0 Å². The molecule has 2 aliphatic heterocycles. The minimum Gasteiger partial charge on any atom is -0.384 e. The molecule has 9 rings (SSSR count). The lowest BCUT2D eigenvalue weighted by molar-refractivity contribution is 0.122. The van der Waals surface area contributed by atoms with Crippen LogP contribution in [-0.4, -0.2) is 105 Å². The third-order valence-corrected chi connectivity index (χ3v) is 10.8. The fourth-order valence-corrected chi connectivity index (χ4v) is 7.95. The number of pyridine rings is 2. The summed E-state index contributed by atoms with van der Waals surface area (Å²) in [7, 11) is 1.70. The van der Waals surface area contributed by atoms with Gasteiger partial charge in [-0.25, -0.2) is 19.5 Å². The molecule has 3 fully saturated rings. The van der Waals surface area contributed by atoms with Crippen molar-refractivity contribution in [3.8, 4) is 22.5 Å². The molecule has 0 spiro atoms. The Bertz CT molecular complexity index is 2150. The summed E-state index contributed by atoms with van der Waals surface area (Å²) in [5.41, 5.74) is 11.3. The molecule has 0 unspecified atom stereocenters. The predicted octanol–water partition coefficient (Wildman–Crippen LogP) is 6.11. The van der Waals surface area contributed by atoms with Crippen LogP contribution in [0.15, 0.2) is 61.3 Å². The van der Waals surface area contributed by atoms with Crippen LogP contribution in [0.4, 0.5) is 11.5 Å². The number of morpholine rings is 2. The maximum Gasteiger partial charge on any atom is 0.181 e. The summed E-state index contributed by atoms with van der Waals surface area (Å²) < 4.78 is 20.2. The maximum absolute atomic E-state index is 5.49. The van der Waals surface area contributed by atoms with E-state index >= 15 is 0 Å². The number of aromatic nitrogens is 8. The molecule has 0 N–H and O–H groups in total. The van der Waals surface area contributed by atoms with E-state index in [0.717, 1.165) is 121 Å². The van der Waals surface area contributed by atoms with Gasteiger partial charge in [0.2, 0.25) is 0 Å². The van der Waals surface area contributed by atoms with Crippen molar-refractivity contribution in [3.63, 3.8) is 0 Å². The van der Waals surface area contributed by atoms with Gasteiger partial charge < -0.3 is 24.0 Å². The molecule has 1 saturated carbocycles. The van der Waals surface area contributed by atoms with Crippen molar-refractivity contribution >= 4 is 22.8 Å². The van der Waals surface area contributed by atoms with Crippen molar-refractivity contribution in [3.05, 3.63) is 84.1 Å². The zero-order chi connectivity index (χ0) is 36.9. The SMILES string of the molecule is COCCc1ccc(-c2c(C)nc3c(N4CCOCC4)ccnn23)cn1.Cc1nc2c(N3CCOCC3)nccn2c1-c1ccc(C2CCCCC2)nc1. The lowest BCUT2D eigenvalue weighted by Gasteiger charge is -2.28. The Morgan fingerprint density at radius 3 is 2.11 bits per heavy atom. The lowest BCUT2D eigenvalue weighted by Crippen LogP contribution is -2.37. The summed E-state index contributed by atoms with van der Waals surface area (Å²) in [5, 5.41) is 4.55. The van der Waals surface area contributed by atoms with Crippen molar-refractivity contribution in [2.24, 2.45) is 0 Å². The molecule has 282 valence electrons. The second kappa shape index (κ2) is 16.6. The normalized spacial score (nSPS) is 16.9. The number of aryl methyl sites for hydroxylation is 2. The van der Waals surface area contributed by atoms with Gasteiger partial charge in [0.15, 0.2) is 17.1 Å². The molecule has 2 saturated heterocycles. The molecule has 0 bridgehead atoms. The highest BCUT2D eigenvalue weighted by Gasteiger charge is 2.22. The summed E-state index contributed by atoms with van der Waals surface area (Å²) in [5.74, 6) is 1.56. The Kier molecular flexibility index (Phi) is 11.1. The molecule has 3 aliphatic rings. The fraction of sp³-hybridized carbons (Fsp3) is 0.463. The Balaban J connectivity index is 0.000000154. The van der Waals surface area contributed by atoms with Gasteiger partial charge in [-0.05, 0) is 57.0 Å². The lowest BCUT2D eigenvalue weighted by atomic mass is 9.86. The monoisotopic (exact) mass is 730 g/mol. The molecule has 13 heteroatoms. The topological polar surface area (TPSA) is 120 Å². The van der Waals surface area contributed by atoms with Gasteiger partial charge in [0, 0.05) is 92.9 Å². The third kappa shape index (κ3) is 7.53. The Labute approximate surface area is 316 Å². The van der Waals surface area contributed by atoms with Crippen molar-refractivity contribution < 1.29 is 14.2 Å². The van der Waals surface area contributed by atoms with Crippen molar-refractivity contribution in [1.82, 2.24) is 38.9 Å². The number of ether oxygens (including phenoxy) is 3. The predicted molar refractivity (Wildman–Crippen MR) is 209 cm³/mol. The quantitative estimate of drug-likeness (QED) is 0.181. The highest BCUT2D eigenvalue weighted by Crippen LogP contribution is 2.34. The van der Waals surface area contributed by atoms with Gasteiger partial charge in [0.1, 0.15) is 0 Å². The van der Waals surface area contributed by atoms with E-state index in [0.29, 0.717) is 12.5 Å². The first-order chi connectivity index (χ1) is 26.6. The molecule has 6 aromatic heterocycles. The maximum atomic E-state index is 5.49. The molecule has 0 aromatic carbocycles. The first-order valence-corrected chi connectivity index (χ1v) is 19.3. The van der Waals surface area contributed by atoms with Gasteiger partial charge in [-0.15, -0.1) is 0 Å². The fourth-order valence-electron chi connectivity index (χ4n) is 7.95. The molecule has 8 heterocycles. The van der Waals surface area contributed by atoms with Gasteiger partial charge in [0.05, 0.1) is 67.7 Å². The first-order valence-electron chi connectivity index (χ1n) is 19.3. The summed E-state index contributed by atoms with van der Waals surface area (Å²) >= 11 is 0. The average Bonchev–Trinajstić information content (AvgIpc) is 3.76. The van der Waals surface area contributed by atoms with Crippen LogP contribution in [0.2, 0.25) is 0 Å². The van der Waals surface area contributed by atoms with Crippen molar-refractivity contribution in [2.75, 3.05) is 76.1 Å². The van der Waals surface area contributed by atoms with Gasteiger partial charge in [-0.3, -0.25) is 14.4 Å². The number of anilines is 2. The van der Waals surface area contributed by atoms with E-state index in [1.54, 1.807) is 7.11 Å². The number of nitrogens with zero attached hydrogens (tertiary/aromatic N) is 10. The summed E-state index contributed by atoms with van der Waals surface area (Å²) in [6.07, 6.45) is 17.0. The third-order valence-electron chi connectivity index (χ3n) is 10.8. The van der Waals surface area contributed by atoms with Crippen LogP contribution in [0.5, 0.6) is 0 Å². The van der Waals surface area contributed by atoms with E-state index in [9.17, 15) is 0 Å². The molecule has 54 heavy (non-hydrogen) atoms. The summed E-state index contributed by atoms with van der Waals surface area (Å²) in [4.78, 5) is 28.3. The smallest absolute Gasteiger partial charge is 0.181 e. The Morgan fingerprint density at radius 1 is 0.722 bits per heavy atom. The van der Waals surface area contributed by atoms with E-state index in [1.165, 1.54) is 37.8 Å². The van der Waals surface area contributed by atoms with Gasteiger partial charge in [0.25, 0.3) is 0 Å². The zero-order valence-corrected chi connectivity index (χ0v) is 31.7. The molecule has 1 aliphatic carbocycles. The molecule has 0 atom stereocenters. The minimum atomic E-state index is 0.628. The Hall–Kier alpha value is -4.98. The van der Waals surface area contributed by atoms with E-state index in [2.05, 4.69) is 54.4 Å². The van der Waals surface area contributed by atoms with Crippen LogP contribution in [0.1, 0.15) is 60.8 Å². The minimum absolute atomic E-state index is 0.628. The highest BCUT2D eigenvalue weighted by atomic mass is 16.5. The largest absolute Gasteiger partial charge is 0.384 e. The second-order valence-corrected chi connectivity index (χ2v) is 14.3. The van der Waals surface area contributed by atoms with E-state index in [4.69, 9.17) is 29.2 Å². The number of imidazole rings is 2. The molecule has 0 radical (unpaired) electrons. The highest BCUT2D eigenvalue weighted by molar-refractivity contribution is 5.75. The van der Waals surface area contributed by atoms with Gasteiger partial charge >= 0.3 is 0 Å². The van der Waals surface area contributed by atoms with Crippen molar-refractivity contribution in [2.45, 2.75) is 58.3 Å². The van der Waals surface area contributed by atoms with Gasteiger partial charge in [-0.1, -0.05) is 19.3 Å². The zero-order valence-electron chi connectivity index (χ0n) is 31.7. The van der Waals surface area contributed by atoms with Crippen molar-refractivity contribution in [1.29, 1.82) is 0 Å². The molecular weight excluding hydrogens is 681 g/mol. The van der Waals surface area contributed by atoms with E-state index < -0.39 is 0 Å². The molecule has 13 nitrogen and oxygen atoms in total. The van der Waals surface area contributed by atoms with Crippen LogP contribution >= 0.6 is 0 Å². The number of hydrogen-bond acceptors (Lipinski definition) is 11. The number of rotatable bonds is 8. The molecule has 0 amide bonds. The van der Waals surface area contributed by atoms with Crippen LogP contribution in [0.3, 0.4) is 0 Å². The molecule has 6 aromatic rings. The summed E-state index contributed by atoms with van der Waals surface area (Å²) in [6.45, 7) is 11.2. The average molecular weight is 731 g/mol. The first kappa shape index (κ1) is 36.0. The molecular formula is C41H50N10O3. The van der Waals surface area contributed by atoms with Gasteiger partial charge in [-0.2, -0.15) is 5.10 Å². The number of methoxy groups -OCH3 is 1. The van der Waals surface area contributed by atoms with E-state index in [1.807, 2.05) is 54.6 Å². The van der Waals surface area contributed by atoms with Crippen LogP contribution in [0, 0.1) is 13.8 Å².